The fourth-order valence-electron chi connectivity index (χ4n) is 3.23. The average Bonchev–Trinajstić information content (AvgIpc) is 3.28. The number of aliphatic hydroxyl groups is 1. The topological polar surface area (TPSA) is 91.1 Å². The number of hydrogen-bond acceptors (Lipinski definition) is 6. The molecular weight excluding hydrogens is 325 g/mol. The number of nitrogens with one attached hydrogen (secondary N) is 1. The van der Waals surface area contributed by atoms with Crippen molar-refractivity contribution in [1.82, 2.24) is 25.3 Å². The van der Waals surface area contributed by atoms with Crippen LogP contribution in [0.2, 0.25) is 0 Å². The van der Waals surface area contributed by atoms with E-state index >= 15 is 0 Å². The van der Waals surface area contributed by atoms with Crippen LogP contribution < -0.4 is 0 Å². The lowest BCUT2D eigenvalue weighted by molar-refractivity contribution is -0.0417. The molecule has 1 aliphatic rings. The second kappa shape index (κ2) is 6.38. The van der Waals surface area contributed by atoms with E-state index in [1.165, 1.54) is 12.1 Å². The van der Waals surface area contributed by atoms with Crippen LogP contribution >= 0.6 is 0 Å². The molecule has 2 aromatic heterocycles. The Bertz CT molecular complexity index is 833. The monoisotopic (exact) mass is 343 g/mol. The van der Waals surface area contributed by atoms with Crippen molar-refractivity contribution >= 4 is 0 Å². The molecule has 1 fully saturated rings. The summed E-state index contributed by atoms with van der Waals surface area (Å²) in [6.45, 7) is 1.88. The molecule has 0 radical (unpaired) electrons. The van der Waals surface area contributed by atoms with E-state index in [0.717, 1.165) is 24.2 Å². The Hall–Kier alpha value is -2.58. The summed E-state index contributed by atoms with van der Waals surface area (Å²) in [6.07, 6.45) is 4.66. The molecule has 2 N–H and O–H groups in total. The minimum absolute atomic E-state index is 0.295. The number of benzene rings is 1. The largest absolute Gasteiger partial charge is 0.444 e. The summed E-state index contributed by atoms with van der Waals surface area (Å²) in [6, 6.07) is 6.02. The summed E-state index contributed by atoms with van der Waals surface area (Å²) in [5.41, 5.74) is 1.05. The number of piperidine rings is 1. The Kier molecular flexibility index (Phi) is 4.06. The molecule has 1 unspecified atom stereocenters. The normalized spacial score (nSPS) is 21.5. The molecule has 1 atom stereocenters. The van der Waals surface area contributed by atoms with Crippen LogP contribution in [0.3, 0.4) is 0 Å². The number of β-amino-alcohol motifs (C(OH)–C–C–N with tert-alkyl or cyclic N) is 1. The highest BCUT2D eigenvalue weighted by molar-refractivity contribution is 5.52. The van der Waals surface area contributed by atoms with Gasteiger partial charge in [0.05, 0.1) is 11.9 Å². The van der Waals surface area contributed by atoms with Gasteiger partial charge in [0.1, 0.15) is 23.4 Å². The predicted octanol–water partition coefficient (Wildman–Crippen LogP) is 2.08. The fraction of sp³-hybridized carbons (Fsp3) is 0.353. The number of rotatable bonds is 4. The standard InChI is InChI=1S/C17H18FN5O2/c18-13-4-2-12(3-5-13)16-20-14(10-25-16)9-23-7-1-6-17(24,11-23)15-8-19-22-21-15/h2-5,8,10,24H,1,6-7,9,11H2,(H,19,21,22). The highest BCUT2D eigenvalue weighted by Gasteiger charge is 2.37. The molecule has 1 saturated heterocycles. The highest BCUT2D eigenvalue weighted by Crippen LogP contribution is 2.30. The molecule has 3 heterocycles. The van der Waals surface area contributed by atoms with Crippen LogP contribution in [0.5, 0.6) is 0 Å². The van der Waals surface area contributed by atoms with Crippen molar-refractivity contribution in [3.8, 4) is 11.5 Å². The first-order valence-corrected chi connectivity index (χ1v) is 8.14. The molecule has 0 bridgehead atoms. The number of aromatic nitrogens is 4. The second-order valence-electron chi connectivity index (χ2n) is 6.35. The number of halogens is 1. The fourth-order valence-corrected chi connectivity index (χ4v) is 3.23. The van der Waals surface area contributed by atoms with Crippen molar-refractivity contribution in [2.75, 3.05) is 13.1 Å². The first kappa shape index (κ1) is 15.9. The average molecular weight is 343 g/mol. The molecule has 3 aromatic rings. The van der Waals surface area contributed by atoms with Gasteiger partial charge in [-0.1, -0.05) is 0 Å². The molecule has 0 amide bonds. The van der Waals surface area contributed by atoms with Crippen LogP contribution in [-0.2, 0) is 12.1 Å². The van der Waals surface area contributed by atoms with Crippen LogP contribution in [0.1, 0.15) is 24.2 Å². The lowest BCUT2D eigenvalue weighted by Gasteiger charge is -2.37. The van der Waals surface area contributed by atoms with E-state index in [1.54, 1.807) is 24.6 Å². The smallest absolute Gasteiger partial charge is 0.226 e. The van der Waals surface area contributed by atoms with Crippen molar-refractivity contribution in [1.29, 1.82) is 0 Å². The van der Waals surface area contributed by atoms with Gasteiger partial charge in [-0.05, 0) is 43.7 Å². The van der Waals surface area contributed by atoms with Gasteiger partial charge in [0.2, 0.25) is 5.89 Å². The predicted molar refractivity (Wildman–Crippen MR) is 86.7 cm³/mol. The minimum atomic E-state index is -1.01. The second-order valence-corrected chi connectivity index (χ2v) is 6.35. The van der Waals surface area contributed by atoms with E-state index in [1.807, 2.05) is 0 Å². The number of hydrogen-bond donors (Lipinski definition) is 2. The van der Waals surface area contributed by atoms with Gasteiger partial charge in [-0.25, -0.2) is 9.37 Å². The Morgan fingerprint density at radius 2 is 2.16 bits per heavy atom. The number of aromatic amines is 1. The number of nitrogens with zero attached hydrogens (tertiary/aromatic N) is 4. The van der Waals surface area contributed by atoms with Crippen LogP contribution in [0.4, 0.5) is 4.39 Å². The van der Waals surface area contributed by atoms with Crippen LogP contribution in [-0.4, -0.2) is 43.5 Å². The summed E-state index contributed by atoms with van der Waals surface area (Å²) in [5.74, 6) is 0.162. The Morgan fingerprint density at radius 1 is 1.32 bits per heavy atom. The summed E-state index contributed by atoms with van der Waals surface area (Å²) in [5, 5.41) is 21.2. The van der Waals surface area contributed by atoms with Gasteiger partial charge < -0.3 is 9.52 Å². The van der Waals surface area contributed by atoms with Crippen molar-refractivity contribution in [3.63, 3.8) is 0 Å². The zero-order valence-corrected chi connectivity index (χ0v) is 13.5. The Labute approximate surface area is 143 Å². The van der Waals surface area contributed by atoms with Crippen LogP contribution in [0.25, 0.3) is 11.5 Å². The molecule has 1 aromatic carbocycles. The number of oxazole rings is 1. The molecule has 0 saturated carbocycles. The van der Waals surface area contributed by atoms with Gasteiger partial charge >= 0.3 is 0 Å². The summed E-state index contributed by atoms with van der Waals surface area (Å²) in [7, 11) is 0. The highest BCUT2D eigenvalue weighted by atomic mass is 19.1. The van der Waals surface area contributed by atoms with E-state index in [4.69, 9.17) is 4.42 Å². The van der Waals surface area contributed by atoms with E-state index in [-0.39, 0.29) is 5.82 Å². The van der Waals surface area contributed by atoms with Gasteiger partial charge in [-0.3, -0.25) is 4.90 Å². The first-order chi connectivity index (χ1) is 12.1. The van der Waals surface area contributed by atoms with Gasteiger partial charge in [0.15, 0.2) is 0 Å². The van der Waals surface area contributed by atoms with Gasteiger partial charge in [0.25, 0.3) is 0 Å². The van der Waals surface area contributed by atoms with Crippen LogP contribution in [0.15, 0.2) is 41.1 Å². The minimum Gasteiger partial charge on any atom is -0.444 e. The van der Waals surface area contributed by atoms with Crippen molar-refractivity contribution in [2.45, 2.75) is 25.0 Å². The van der Waals surface area contributed by atoms with Gasteiger partial charge in [-0.2, -0.15) is 15.4 Å². The molecule has 7 nitrogen and oxygen atoms in total. The molecule has 0 aliphatic carbocycles. The van der Waals surface area contributed by atoms with Crippen molar-refractivity contribution in [3.05, 3.63) is 53.9 Å². The summed E-state index contributed by atoms with van der Waals surface area (Å²) in [4.78, 5) is 6.58. The van der Waals surface area contributed by atoms with Crippen LogP contribution in [0, 0.1) is 5.82 Å². The third-order valence-electron chi connectivity index (χ3n) is 4.47. The maximum Gasteiger partial charge on any atom is 0.226 e. The Morgan fingerprint density at radius 3 is 2.92 bits per heavy atom. The zero-order valence-electron chi connectivity index (χ0n) is 13.5. The van der Waals surface area contributed by atoms with E-state index < -0.39 is 5.60 Å². The van der Waals surface area contributed by atoms with E-state index in [0.29, 0.717) is 31.1 Å². The molecule has 25 heavy (non-hydrogen) atoms. The molecule has 130 valence electrons. The quantitative estimate of drug-likeness (QED) is 0.754. The van der Waals surface area contributed by atoms with E-state index in [9.17, 15) is 9.50 Å². The van der Waals surface area contributed by atoms with Crippen molar-refractivity contribution < 1.29 is 13.9 Å². The maximum absolute atomic E-state index is 13.0. The Balaban J connectivity index is 1.46. The first-order valence-electron chi connectivity index (χ1n) is 8.14. The SMILES string of the molecule is OC1(c2cn[nH]n2)CCCN(Cc2coc(-c3ccc(F)cc3)n2)C1. The summed E-state index contributed by atoms with van der Waals surface area (Å²) < 4.78 is 18.5. The number of H-pyrrole nitrogens is 1. The maximum atomic E-state index is 13.0. The molecular formula is C17H18FN5O2. The lowest BCUT2D eigenvalue weighted by Crippen LogP contribution is -2.46. The van der Waals surface area contributed by atoms with E-state index in [2.05, 4.69) is 25.3 Å². The van der Waals surface area contributed by atoms with Crippen molar-refractivity contribution in [2.24, 2.45) is 0 Å². The summed E-state index contributed by atoms with van der Waals surface area (Å²) >= 11 is 0. The van der Waals surface area contributed by atoms with Gasteiger partial charge in [0, 0.05) is 18.7 Å². The third-order valence-corrected chi connectivity index (χ3v) is 4.47. The van der Waals surface area contributed by atoms with Gasteiger partial charge in [-0.15, -0.1) is 0 Å². The number of likely N-dealkylation sites (tertiary alicyclic amines) is 1. The molecule has 8 heteroatoms. The lowest BCUT2D eigenvalue weighted by atomic mass is 9.90. The third kappa shape index (κ3) is 3.31. The molecule has 0 spiro atoms. The zero-order chi connectivity index (χ0) is 17.3. The molecule has 1 aliphatic heterocycles. The molecule has 4 rings (SSSR count).